The predicted molar refractivity (Wildman–Crippen MR) is 70.6 cm³/mol. The van der Waals surface area contributed by atoms with Gasteiger partial charge in [-0.25, -0.2) is 5.01 Å². The molecule has 0 aliphatic rings. The summed E-state index contributed by atoms with van der Waals surface area (Å²) in [6.45, 7) is 3.84. The van der Waals surface area contributed by atoms with E-state index in [4.69, 9.17) is 4.74 Å². The Bertz CT molecular complexity index is 486. The van der Waals surface area contributed by atoms with Crippen LogP contribution < -0.4 is 15.2 Å². The van der Waals surface area contributed by atoms with Crippen molar-refractivity contribution in [3.05, 3.63) is 24.3 Å². The maximum Gasteiger partial charge on any atom is 0.432 e. The fraction of sp³-hybridized carbons (Fsp3) is 0.462. The van der Waals surface area contributed by atoms with E-state index < -0.39 is 17.8 Å². The lowest BCUT2D eigenvalue weighted by molar-refractivity contribution is -0.265. The average molecular weight is 306 g/mol. The molecule has 1 atom stereocenters. The van der Waals surface area contributed by atoms with E-state index in [0.29, 0.717) is 24.3 Å². The van der Waals surface area contributed by atoms with Crippen molar-refractivity contribution in [2.45, 2.75) is 32.7 Å². The van der Waals surface area contributed by atoms with Gasteiger partial charge in [-0.2, -0.15) is 18.6 Å². The number of nitrogens with one attached hydrogen (secondary N) is 1. The second-order valence-corrected chi connectivity index (χ2v) is 4.46. The third kappa shape index (κ3) is 4.33. The first-order chi connectivity index (χ1) is 9.58. The largest absolute Gasteiger partial charge is 0.494 e. The Hall–Kier alpha value is -1.80. The van der Waals surface area contributed by atoms with E-state index in [0.717, 1.165) is 6.92 Å². The summed E-state index contributed by atoms with van der Waals surface area (Å²) in [5.74, 6) is -0.184. The van der Waals surface area contributed by atoms with Gasteiger partial charge in [0.1, 0.15) is 5.75 Å². The van der Waals surface area contributed by atoms with Crippen molar-refractivity contribution in [1.82, 2.24) is 5.43 Å². The minimum atomic E-state index is -4.94. The predicted octanol–water partition coefficient (Wildman–Crippen LogP) is 2.21. The maximum absolute atomic E-state index is 12.7. The molecule has 0 aromatic heterocycles. The van der Waals surface area contributed by atoms with Gasteiger partial charge in [-0.1, -0.05) is 0 Å². The Morgan fingerprint density at radius 2 is 1.86 bits per heavy atom. The van der Waals surface area contributed by atoms with E-state index in [1.54, 1.807) is 12.3 Å². The Morgan fingerprint density at radius 3 is 2.24 bits per heavy atom. The SMILES string of the molecule is CCOc1ccc(N(NC(C)(O)C(F)(F)F)C(C)=O)cc1. The molecule has 0 bridgehead atoms. The third-order valence-electron chi connectivity index (χ3n) is 2.60. The second kappa shape index (κ2) is 6.31. The summed E-state index contributed by atoms with van der Waals surface area (Å²) in [7, 11) is 0. The smallest absolute Gasteiger partial charge is 0.432 e. The van der Waals surface area contributed by atoms with E-state index in [9.17, 15) is 23.1 Å². The summed E-state index contributed by atoms with van der Waals surface area (Å²) in [5, 5.41) is 10.0. The number of aliphatic hydroxyl groups is 1. The highest BCUT2D eigenvalue weighted by Gasteiger charge is 2.51. The van der Waals surface area contributed by atoms with Gasteiger partial charge in [0.05, 0.1) is 12.3 Å². The first kappa shape index (κ1) is 17.3. The maximum atomic E-state index is 12.7. The van der Waals surface area contributed by atoms with Crippen molar-refractivity contribution in [3.63, 3.8) is 0 Å². The molecule has 0 aliphatic carbocycles. The van der Waals surface area contributed by atoms with Crippen LogP contribution in [0.25, 0.3) is 0 Å². The minimum absolute atomic E-state index is 0.149. The zero-order chi connectivity index (χ0) is 16.3. The Kier molecular flexibility index (Phi) is 5.19. The molecule has 8 heteroatoms. The highest BCUT2D eigenvalue weighted by atomic mass is 19.4. The molecule has 1 aromatic carbocycles. The number of nitrogens with zero attached hydrogens (tertiary/aromatic N) is 1. The molecule has 5 nitrogen and oxygen atoms in total. The number of anilines is 1. The van der Waals surface area contributed by atoms with Gasteiger partial charge in [-0.05, 0) is 38.1 Å². The van der Waals surface area contributed by atoms with Crippen molar-refractivity contribution in [3.8, 4) is 5.75 Å². The lowest BCUT2D eigenvalue weighted by atomic mass is 10.2. The highest BCUT2D eigenvalue weighted by Crippen LogP contribution is 2.29. The van der Waals surface area contributed by atoms with Crippen molar-refractivity contribution in [1.29, 1.82) is 0 Å². The van der Waals surface area contributed by atoms with Crippen LogP contribution in [-0.2, 0) is 4.79 Å². The highest BCUT2D eigenvalue weighted by molar-refractivity contribution is 5.90. The molecule has 2 N–H and O–H groups in total. The number of ether oxygens (including phenoxy) is 1. The summed E-state index contributed by atoms with van der Waals surface area (Å²) < 4.78 is 43.2. The summed E-state index contributed by atoms with van der Waals surface area (Å²) >= 11 is 0. The van der Waals surface area contributed by atoms with Crippen LogP contribution in [0.1, 0.15) is 20.8 Å². The van der Waals surface area contributed by atoms with Gasteiger partial charge in [0.2, 0.25) is 11.6 Å². The zero-order valence-electron chi connectivity index (χ0n) is 11.9. The first-order valence-electron chi connectivity index (χ1n) is 6.19. The van der Waals surface area contributed by atoms with Gasteiger partial charge in [0.25, 0.3) is 0 Å². The van der Waals surface area contributed by atoms with Gasteiger partial charge in [-0.15, -0.1) is 0 Å². The number of carbonyl (C=O) groups excluding carboxylic acids is 1. The molecule has 118 valence electrons. The molecule has 1 unspecified atom stereocenters. The fourth-order valence-electron chi connectivity index (χ4n) is 1.46. The summed E-state index contributed by atoms with van der Waals surface area (Å²) in [5.41, 5.74) is -1.32. The van der Waals surface area contributed by atoms with Crippen LogP contribution in [0.3, 0.4) is 0 Å². The summed E-state index contributed by atoms with van der Waals surface area (Å²) in [4.78, 5) is 11.5. The lowest BCUT2D eigenvalue weighted by Crippen LogP contribution is -2.62. The van der Waals surface area contributed by atoms with Crippen LogP contribution in [0.4, 0.5) is 18.9 Å². The van der Waals surface area contributed by atoms with Gasteiger partial charge >= 0.3 is 6.18 Å². The van der Waals surface area contributed by atoms with E-state index >= 15 is 0 Å². The average Bonchev–Trinajstić information content (AvgIpc) is 2.36. The van der Waals surface area contributed by atoms with Gasteiger partial charge < -0.3 is 9.84 Å². The topological polar surface area (TPSA) is 61.8 Å². The molecule has 1 amide bonds. The molecule has 21 heavy (non-hydrogen) atoms. The number of hydrogen-bond donors (Lipinski definition) is 2. The van der Waals surface area contributed by atoms with Crippen molar-refractivity contribution < 1.29 is 27.8 Å². The summed E-state index contributed by atoms with van der Waals surface area (Å²) in [6, 6.07) is 5.84. The standard InChI is InChI=1S/C13H17F3N2O3/c1-4-21-11-7-5-10(6-8-11)18(9(2)19)17-12(3,20)13(14,15)16/h5-8,17,20H,4H2,1-3H3. The number of alkyl halides is 3. The zero-order valence-corrected chi connectivity index (χ0v) is 11.9. The molecule has 0 saturated heterocycles. The van der Waals surface area contributed by atoms with Crippen molar-refractivity contribution >= 4 is 11.6 Å². The molecule has 0 radical (unpaired) electrons. The number of halogens is 3. The van der Waals surface area contributed by atoms with E-state index in [-0.39, 0.29) is 5.69 Å². The van der Waals surface area contributed by atoms with E-state index in [1.165, 1.54) is 24.3 Å². The van der Waals surface area contributed by atoms with Crippen molar-refractivity contribution in [2.24, 2.45) is 0 Å². The molecular weight excluding hydrogens is 289 g/mol. The van der Waals surface area contributed by atoms with Gasteiger partial charge in [0, 0.05) is 6.92 Å². The van der Waals surface area contributed by atoms with Gasteiger partial charge in [0.15, 0.2) is 0 Å². The van der Waals surface area contributed by atoms with Gasteiger partial charge in [-0.3, -0.25) is 4.79 Å². The molecule has 0 fully saturated rings. The Morgan fingerprint density at radius 1 is 1.33 bits per heavy atom. The number of rotatable bonds is 5. The molecule has 0 aliphatic heterocycles. The Labute approximate surface area is 120 Å². The van der Waals surface area contributed by atoms with E-state index in [1.807, 2.05) is 0 Å². The monoisotopic (exact) mass is 306 g/mol. The first-order valence-corrected chi connectivity index (χ1v) is 6.19. The molecule has 0 saturated carbocycles. The molecular formula is C13H17F3N2O3. The van der Waals surface area contributed by atoms with Crippen LogP contribution >= 0.6 is 0 Å². The lowest BCUT2D eigenvalue weighted by Gasteiger charge is -2.33. The molecule has 1 aromatic rings. The van der Waals surface area contributed by atoms with Crippen LogP contribution in [0, 0.1) is 0 Å². The van der Waals surface area contributed by atoms with E-state index in [2.05, 4.69) is 0 Å². The van der Waals surface area contributed by atoms with Crippen LogP contribution in [0.15, 0.2) is 24.3 Å². The number of hydrogen-bond acceptors (Lipinski definition) is 4. The number of amides is 1. The second-order valence-electron chi connectivity index (χ2n) is 4.46. The third-order valence-corrected chi connectivity index (χ3v) is 2.60. The van der Waals surface area contributed by atoms with Crippen molar-refractivity contribution in [2.75, 3.05) is 11.6 Å². The van der Waals surface area contributed by atoms with Crippen LogP contribution in [0.5, 0.6) is 5.75 Å². The van der Waals surface area contributed by atoms with Crippen LogP contribution in [0.2, 0.25) is 0 Å². The summed E-state index contributed by atoms with van der Waals surface area (Å²) in [6.07, 6.45) is -4.94. The fourth-order valence-corrected chi connectivity index (χ4v) is 1.46. The molecule has 1 rings (SSSR count). The minimum Gasteiger partial charge on any atom is -0.494 e. The number of carbonyl (C=O) groups is 1. The molecule has 0 heterocycles. The Balaban J connectivity index is 3.00. The quantitative estimate of drug-likeness (QED) is 0.647. The number of benzene rings is 1. The van der Waals surface area contributed by atoms with Crippen LogP contribution in [-0.4, -0.2) is 29.5 Å². The number of hydrazine groups is 1. The normalized spacial score (nSPS) is 14.4. The molecule has 0 spiro atoms.